The zero-order valence-corrected chi connectivity index (χ0v) is 10.4. The van der Waals surface area contributed by atoms with E-state index in [-0.39, 0.29) is 0 Å². The molecular formula is C13H17ClO2. The number of hydrogen-bond acceptors (Lipinski definition) is 2. The average molecular weight is 241 g/mol. The van der Waals surface area contributed by atoms with Crippen LogP contribution in [0.15, 0.2) is 18.2 Å². The molecule has 0 aromatic heterocycles. The molecule has 2 nitrogen and oxygen atoms in total. The van der Waals surface area contributed by atoms with Crippen molar-refractivity contribution in [2.45, 2.75) is 25.9 Å². The summed E-state index contributed by atoms with van der Waals surface area (Å²) in [6.07, 6.45) is 2.06. The van der Waals surface area contributed by atoms with Gasteiger partial charge in [0.2, 0.25) is 0 Å². The number of benzene rings is 1. The minimum atomic E-state index is -0.420. The highest BCUT2D eigenvalue weighted by Gasteiger charge is 2.33. The number of methoxy groups -OCH3 is 1. The van der Waals surface area contributed by atoms with Gasteiger partial charge in [-0.25, -0.2) is 0 Å². The van der Waals surface area contributed by atoms with Gasteiger partial charge in [-0.3, -0.25) is 0 Å². The van der Waals surface area contributed by atoms with Crippen molar-refractivity contribution in [1.29, 1.82) is 0 Å². The van der Waals surface area contributed by atoms with Crippen LogP contribution in [0.4, 0.5) is 0 Å². The molecule has 0 aliphatic heterocycles. The van der Waals surface area contributed by atoms with E-state index >= 15 is 0 Å². The number of ether oxygens (including phenoxy) is 1. The summed E-state index contributed by atoms with van der Waals surface area (Å²) in [4.78, 5) is 0. The molecule has 1 aromatic carbocycles. The maximum Gasteiger partial charge on any atom is 0.137 e. The van der Waals surface area contributed by atoms with Gasteiger partial charge >= 0.3 is 0 Å². The molecule has 1 fully saturated rings. The van der Waals surface area contributed by atoms with E-state index in [2.05, 4.69) is 6.92 Å². The van der Waals surface area contributed by atoms with Gasteiger partial charge in [-0.15, -0.1) is 0 Å². The van der Waals surface area contributed by atoms with Gasteiger partial charge in [0.15, 0.2) is 0 Å². The second kappa shape index (κ2) is 4.64. The summed E-state index contributed by atoms with van der Waals surface area (Å²) in [5, 5.41) is 10.7. The lowest BCUT2D eigenvalue weighted by atomic mass is 9.93. The Bertz CT molecular complexity index is 374. The Morgan fingerprint density at radius 1 is 1.44 bits per heavy atom. The maximum absolute atomic E-state index is 10.2. The molecule has 0 heterocycles. The molecule has 16 heavy (non-hydrogen) atoms. The Balaban J connectivity index is 2.16. The Morgan fingerprint density at radius 3 is 2.62 bits per heavy atom. The van der Waals surface area contributed by atoms with E-state index in [0.717, 1.165) is 5.56 Å². The van der Waals surface area contributed by atoms with E-state index in [4.69, 9.17) is 16.3 Å². The fraction of sp³-hybridized carbons (Fsp3) is 0.538. The zero-order valence-electron chi connectivity index (χ0n) is 9.61. The van der Waals surface area contributed by atoms with Crippen LogP contribution in [0.2, 0.25) is 5.02 Å². The summed E-state index contributed by atoms with van der Waals surface area (Å²) >= 11 is 6.04. The van der Waals surface area contributed by atoms with E-state index in [1.54, 1.807) is 19.2 Å². The summed E-state index contributed by atoms with van der Waals surface area (Å²) in [5.41, 5.74) is 0.880. The summed E-state index contributed by atoms with van der Waals surface area (Å²) in [7, 11) is 1.59. The molecule has 1 aromatic rings. The molecule has 88 valence electrons. The van der Waals surface area contributed by atoms with E-state index in [1.165, 1.54) is 12.8 Å². The second-order valence-electron chi connectivity index (χ2n) is 4.54. The van der Waals surface area contributed by atoms with Crippen LogP contribution in [0.5, 0.6) is 5.75 Å². The van der Waals surface area contributed by atoms with E-state index < -0.39 is 6.10 Å². The topological polar surface area (TPSA) is 29.5 Å². The van der Waals surface area contributed by atoms with E-state index in [0.29, 0.717) is 22.6 Å². The predicted octanol–water partition coefficient (Wildman–Crippen LogP) is 3.43. The van der Waals surface area contributed by atoms with Crippen LogP contribution in [0, 0.1) is 11.8 Å². The first kappa shape index (κ1) is 11.7. The van der Waals surface area contributed by atoms with Gasteiger partial charge in [-0.05, 0) is 42.4 Å². The van der Waals surface area contributed by atoms with Gasteiger partial charge in [0.1, 0.15) is 5.75 Å². The quantitative estimate of drug-likeness (QED) is 0.874. The Labute approximate surface area is 101 Å². The first-order valence-electron chi connectivity index (χ1n) is 5.65. The van der Waals surface area contributed by atoms with Gasteiger partial charge in [-0.2, -0.15) is 0 Å². The first-order valence-corrected chi connectivity index (χ1v) is 6.02. The van der Waals surface area contributed by atoms with Gasteiger partial charge in [-0.1, -0.05) is 24.6 Å². The summed E-state index contributed by atoms with van der Waals surface area (Å²) in [5.74, 6) is 1.64. The highest BCUT2D eigenvalue weighted by Crippen LogP contribution is 2.43. The third kappa shape index (κ3) is 2.33. The molecule has 2 rings (SSSR count). The minimum absolute atomic E-state index is 0.310. The van der Waals surface area contributed by atoms with Gasteiger partial charge in [0.25, 0.3) is 0 Å². The maximum atomic E-state index is 10.2. The molecular weight excluding hydrogens is 224 g/mol. The van der Waals surface area contributed by atoms with Crippen molar-refractivity contribution in [3.63, 3.8) is 0 Å². The highest BCUT2D eigenvalue weighted by molar-refractivity contribution is 6.32. The highest BCUT2D eigenvalue weighted by atomic mass is 35.5. The van der Waals surface area contributed by atoms with Gasteiger partial charge in [0, 0.05) is 0 Å². The molecule has 0 bridgehead atoms. The van der Waals surface area contributed by atoms with Crippen LogP contribution in [0.25, 0.3) is 0 Å². The lowest BCUT2D eigenvalue weighted by molar-refractivity contribution is 0.106. The van der Waals surface area contributed by atoms with Crippen molar-refractivity contribution in [2.24, 2.45) is 11.8 Å². The largest absolute Gasteiger partial charge is 0.495 e. The minimum Gasteiger partial charge on any atom is -0.495 e. The van der Waals surface area contributed by atoms with Gasteiger partial charge < -0.3 is 9.84 Å². The van der Waals surface area contributed by atoms with Crippen molar-refractivity contribution in [2.75, 3.05) is 7.11 Å². The fourth-order valence-electron chi connectivity index (χ4n) is 2.05. The molecule has 1 N–H and O–H groups in total. The Kier molecular flexibility index (Phi) is 3.41. The third-order valence-corrected chi connectivity index (χ3v) is 3.68. The molecule has 2 unspecified atom stereocenters. The zero-order chi connectivity index (χ0) is 11.7. The fourth-order valence-corrected chi connectivity index (χ4v) is 2.32. The number of aliphatic hydroxyl groups excluding tert-OH is 1. The molecule has 0 spiro atoms. The van der Waals surface area contributed by atoms with Crippen LogP contribution in [-0.2, 0) is 0 Å². The van der Waals surface area contributed by atoms with E-state index in [9.17, 15) is 5.11 Å². The normalized spacial score (nSPS) is 19.2. The molecule has 2 atom stereocenters. The van der Waals surface area contributed by atoms with Crippen molar-refractivity contribution >= 4 is 11.6 Å². The van der Waals surface area contributed by atoms with Crippen molar-refractivity contribution in [1.82, 2.24) is 0 Å². The number of rotatable bonds is 4. The molecule has 1 aliphatic carbocycles. The van der Waals surface area contributed by atoms with Gasteiger partial charge in [0.05, 0.1) is 18.2 Å². The third-order valence-electron chi connectivity index (χ3n) is 3.38. The number of halogens is 1. The number of aliphatic hydroxyl groups is 1. The lowest BCUT2D eigenvalue weighted by Gasteiger charge is -2.19. The Hall–Kier alpha value is -0.730. The van der Waals surface area contributed by atoms with Crippen LogP contribution >= 0.6 is 11.6 Å². The van der Waals surface area contributed by atoms with Crippen LogP contribution in [-0.4, -0.2) is 12.2 Å². The van der Waals surface area contributed by atoms with Crippen LogP contribution in [0.3, 0.4) is 0 Å². The number of hydrogen-bond donors (Lipinski definition) is 1. The molecule has 0 amide bonds. The second-order valence-corrected chi connectivity index (χ2v) is 4.94. The Morgan fingerprint density at radius 2 is 2.12 bits per heavy atom. The average Bonchev–Trinajstić information content (AvgIpc) is 3.11. The molecule has 0 radical (unpaired) electrons. The van der Waals surface area contributed by atoms with Crippen molar-refractivity contribution in [3.05, 3.63) is 28.8 Å². The summed E-state index contributed by atoms with van der Waals surface area (Å²) in [6.45, 7) is 2.10. The molecule has 0 saturated heterocycles. The summed E-state index contributed by atoms with van der Waals surface area (Å²) < 4.78 is 5.09. The molecule has 1 aliphatic rings. The predicted molar refractivity (Wildman–Crippen MR) is 64.9 cm³/mol. The molecule has 1 saturated carbocycles. The lowest BCUT2D eigenvalue weighted by Crippen LogP contribution is -2.11. The summed E-state index contributed by atoms with van der Waals surface area (Å²) in [6, 6.07) is 5.48. The van der Waals surface area contributed by atoms with Crippen LogP contribution < -0.4 is 4.74 Å². The SMILES string of the molecule is COc1ccc(C(O)C(C)C2CC2)cc1Cl. The monoisotopic (exact) mass is 240 g/mol. The van der Waals surface area contributed by atoms with Crippen LogP contribution in [0.1, 0.15) is 31.4 Å². The standard InChI is InChI=1S/C13H17ClO2/c1-8(9-3-4-9)13(15)10-5-6-12(16-2)11(14)7-10/h5-9,13,15H,3-4H2,1-2H3. The van der Waals surface area contributed by atoms with Crippen molar-refractivity contribution in [3.8, 4) is 5.75 Å². The first-order chi connectivity index (χ1) is 7.63. The van der Waals surface area contributed by atoms with Crippen molar-refractivity contribution < 1.29 is 9.84 Å². The molecule has 3 heteroatoms. The van der Waals surface area contributed by atoms with E-state index in [1.807, 2.05) is 6.07 Å². The smallest absolute Gasteiger partial charge is 0.137 e.